The van der Waals surface area contributed by atoms with Gasteiger partial charge in [-0.3, -0.25) is 0 Å². The van der Waals surface area contributed by atoms with E-state index in [1.54, 1.807) is 7.11 Å². The van der Waals surface area contributed by atoms with E-state index >= 15 is 0 Å². The van der Waals surface area contributed by atoms with Crippen LogP contribution in [0.1, 0.15) is 11.4 Å². The van der Waals surface area contributed by atoms with Gasteiger partial charge in [0.05, 0.1) is 7.11 Å². The highest BCUT2D eigenvalue weighted by molar-refractivity contribution is 5.93. The van der Waals surface area contributed by atoms with Gasteiger partial charge in [0.1, 0.15) is 5.75 Å². The molecule has 6 nitrogen and oxygen atoms in total. The Morgan fingerprint density at radius 2 is 1.90 bits per heavy atom. The number of aromatic nitrogens is 2. The fraction of sp³-hybridized carbons (Fsp3) is 0.214. The van der Waals surface area contributed by atoms with Crippen LogP contribution in [0, 0.1) is 13.8 Å². The minimum atomic E-state index is 0.225. The second kappa shape index (κ2) is 6.01. The first-order chi connectivity index (χ1) is 9.56. The van der Waals surface area contributed by atoms with E-state index in [2.05, 4.69) is 20.3 Å². The lowest BCUT2D eigenvalue weighted by Crippen LogP contribution is -2.22. The lowest BCUT2D eigenvalue weighted by Gasteiger charge is -2.07. The summed E-state index contributed by atoms with van der Waals surface area (Å²) in [6, 6.07) is 9.29. The third-order valence-electron chi connectivity index (χ3n) is 2.53. The smallest absolute Gasteiger partial charge is 0.253 e. The zero-order chi connectivity index (χ0) is 14.5. The summed E-state index contributed by atoms with van der Waals surface area (Å²) in [5.74, 6) is 1.31. The Balaban J connectivity index is 2.17. The van der Waals surface area contributed by atoms with Crippen molar-refractivity contribution in [3.63, 3.8) is 0 Å². The van der Waals surface area contributed by atoms with Crippen LogP contribution in [0.2, 0.25) is 0 Å². The second-order valence-corrected chi connectivity index (χ2v) is 4.30. The fourth-order valence-electron chi connectivity index (χ4n) is 1.74. The third-order valence-corrected chi connectivity index (χ3v) is 2.53. The van der Waals surface area contributed by atoms with Gasteiger partial charge in [0, 0.05) is 23.1 Å². The summed E-state index contributed by atoms with van der Waals surface area (Å²) >= 11 is 0. The number of benzene rings is 1. The van der Waals surface area contributed by atoms with Crippen molar-refractivity contribution in [1.82, 2.24) is 9.97 Å². The van der Waals surface area contributed by atoms with E-state index in [9.17, 15) is 0 Å². The number of aryl methyl sites for hydroxylation is 2. The van der Waals surface area contributed by atoms with E-state index < -0.39 is 0 Å². The van der Waals surface area contributed by atoms with Gasteiger partial charge in [0.15, 0.2) is 0 Å². The molecule has 0 aliphatic heterocycles. The first kappa shape index (κ1) is 13.8. The number of ether oxygens (including phenoxy) is 1. The molecule has 2 rings (SSSR count). The predicted octanol–water partition coefficient (Wildman–Crippen LogP) is 2.16. The number of aliphatic imine (C=N–C) groups is 1. The quantitative estimate of drug-likeness (QED) is 0.660. The number of hydrogen-bond acceptors (Lipinski definition) is 4. The SMILES string of the molecule is COc1cccc(N/C(N)=N\c2nc(C)cc(C)n2)c1. The molecule has 1 aromatic carbocycles. The number of nitrogens with zero attached hydrogens (tertiary/aromatic N) is 3. The predicted molar refractivity (Wildman–Crippen MR) is 79.4 cm³/mol. The molecule has 1 heterocycles. The van der Waals surface area contributed by atoms with Gasteiger partial charge < -0.3 is 15.8 Å². The Labute approximate surface area is 117 Å². The minimum absolute atomic E-state index is 0.225. The first-order valence-electron chi connectivity index (χ1n) is 6.14. The van der Waals surface area contributed by atoms with Crippen molar-refractivity contribution < 1.29 is 4.74 Å². The zero-order valence-electron chi connectivity index (χ0n) is 11.7. The van der Waals surface area contributed by atoms with Crippen LogP contribution < -0.4 is 15.8 Å². The summed E-state index contributed by atoms with van der Waals surface area (Å²) in [4.78, 5) is 12.6. The molecule has 0 amide bonds. The van der Waals surface area contributed by atoms with E-state index in [1.165, 1.54) is 0 Å². The fourth-order valence-corrected chi connectivity index (χ4v) is 1.74. The van der Waals surface area contributed by atoms with E-state index in [0.717, 1.165) is 22.8 Å². The average Bonchev–Trinajstić information content (AvgIpc) is 2.37. The third kappa shape index (κ3) is 3.68. The molecule has 0 bridgehead atoms. The van der Waals surface area contributed by atoms with Gasteiger partial charge in [0.25, 0.3) is 5.95 Å². The van der Waals surface area contributed by atoms with Gasteiger partial charge in [-0.1, -0.05) is 6.07 Å². The van der Waals surface area contributed by atoms with E-state index in [4.69, 9.17) is 10.5 Å². The maximum absolute atomic E-state index is 5.85. The first-order valence-corrected chi connectivity index (χ1v) is 6.14. The molecule has 2 aromatic rings. The van der Waals surface area contributed by atoms with Crippen LogP contribution >= 0.6 is 0 Å². The lowest BCUT2D eigenvalue weighted by molar-refractivity contribution is 0.415. The standard InChI is InChI=1S/C14H17N5O/c1-9-7-10(2)17-14(16-9)19-13(15)18-11-5-4-6-12(8-11)20-3/h4-8H,1-3H3,(H3,15,16,17,18,19). The lowest BCUT2D eigenvalue weighted by atomic mass is 10.3. The van der Waals surface area contributed by atoms with E-state index in [-0.39, 0.29) is 5.96 Å². The zero-order valence-corrected chi connectivity index (χ0v) is 11.7. The van der Waals surface area contributed by atoms with Crippen molar-refractivity contribution in [1.29, 1.82) is 0 Å². The molecule has 0 saturated carbocycles. The second-order valence-electron chi connectivity index (χ2n) is 4.30. The molecule has 0 saturated heterocycles. The number of guanidine groups is 1. The Kier molecular flexibility index (Phi) is 4.14. The molecule has 1 aromatic heterocycles. The topological polar surface area (TPSA) is 85.4 Å². The van der Waals surface area contributed by atoms with Crippen LogP contribution in [0.4, 0.5) is 11.6 Å². The molecule has 3 N–H and O–H groups in total. The van der Waals surface area contributed by atoms with Gasteiger partial charge >= 0.3 is 0 Å². The number of nitrogens with two attached hydrogens (primary N) is 1. The van der Waals surface area contributed by atoms with Crippen molar-refractivity contribution in [2.75, 3.05) is 12.4 Å². The van der Waals surface area contributed by atoms with Crippen LogP contribution in [0.3, 0.4) is 0 Å². The average molecular weight is 271 g/mol. The molecular weight excluding hydrogens is 254 g/mol. The van der Waals surface area contributed by atoms with Crippen LogP contribution in [-0.2, 0) is 0 Å². The molecule has 0 fully saturated rings. The Morgan fingerprint density at radius 3 is 2.55 bits per heavy atom. The van der Waals surface area contributed by atoms with E-state index in [1.807, 2.05) is 44.2 Å². The molecule has 0 radical (unpaired) electrons. The van der Waals surface area contributed by atoms with Crippen molar-refractivity contribution in [2.24, 2.45) is 10.7 Å². The van der Waals surface area contributed by atoms with Crippen molar-refractivity contribution in [2.45, 2.75) is 13.8 Å². The Hall–Kier alpha value is -2.63. The number of rotatable bonds is 3. The molecule has 0 aliphatic rings. The summed E-state index contributed by atoms with van der Waals surface area (Å²) in [5, 5.41) is 2.97. The van der Waals surface area contributed by atoms with Gasteiger partial charge in [-0.15, -0.1) is 0 Å². The highest BCUT2D eigenvalue weighted by Gasteiger charge is 2.01. The van der Waals surface area contributed by atoms with Crippen LogP contribution in [0.5, 0.6) is 5.75 Å². The normalized spacial score (nSPS) is 11.2. The monoisotopic (exact) mass is 271 g/mol. The molecule has 20 heavy (non-hydrogen) atoms. The summed E-state index contributed by atoms with van der Waals surface area (Å²) in [5.41, 5.74) is 8.34. The van der Waals surface area contributed by atoms with Gasteiger partial charge in [-0.25, -0.2) is 9.97 Å². The largest absolute Gasteiger partial charge is 0.497 e. The van der Waals surface area contributed by atoms with Gasteiger partial charge in [-0.2, -0.15) is 4.99 Å². The highest BCUT2D eigenvalue weighted by Crippen LogP contribution is 2.16. The van der Waals surface area contributed by atoms with Crippen LogP contribution in [0.15, 0.2) is 35.3 Å². The number of hydrogen-bond donors (Lipinski definition) is 2. The minimum Gasteiger partial charge on any atom is -0.497 e. The van der Waals surface area contributed by atoms with Gasteiger partial charge in [-0.05, 0) is 32.0 Å². The Morgan fingerprint density at radius 1 is 1.20 bits per heavy atom. The summed E-state index contributed by atoms with van der Waals surface area (Å²) in [7, 11) is 1.61. The molecule has 0 unspecified atom stereocenters. The summed E-state index contributed by atoms with van der Waals surface area (Å²) in [6.07, 6.45) is 0. The number of methoxy groups -OCH3 is 1. The van der Waals surface area contributed by atoms with Crippen molar-refractivity contribution in [3.05, 3.63) is 41.7 Å². The molecule has 104 valence electrons. The summed E-state index contributed by atoms with van der Waals surface area (Å²) in [6.45, 7) is 3.78. The van der Waals surface area contributed by atoms with Crippen LogP contribution in [-0.4, -0.2) is 23.0 Å². The van der Waals surface area contributed by atoms with Crippen molar-refractivity contribution in [3.8, 4) is 5.75 Å². The molecular formula is C14H17N5O. The number of anilines is 1. The maximum atomic E-state index is 5.85. The molecule has 0 aliphatic carbocycles. The van der Waals surface area contributed by atoms with Gasteiger partial charge in [0.2, 0.25) is 5.96 Å². The highest BCUT2D eigenvalue weighted by atomic mass is 16.5. The van der Waals surface area contributed by atoms with Crippen molar-refractivity contribution >= 4 is 17.6 Å². The summed E-state index contributed by atoms with van der Waals surface area (Å²) < 4.78 is 5.14. The van der Waals surface area contributed by atoms with Crippen LogP contribution in [0.25, 0.3) is 0 Å². The molecule has 6 heteroatoms. The number of nitrogens with one attached hydrogen (secondary N) is 1. The molecule has 0 spiro atoms. The maximum Gasteiger partial charge on any atom is 0.253 e. The Bertz CT molecular complexity index is 619. The van der Waals surface area contributed by atoms with E-state index in [0.29, 0.717) is 5.95 Å². The molecule has 0 atom stereocenters.